The maximum Gasteiger partial charge on any atom is 0.333 e. The number of nitrogens with one attached hydrogen (secondary N) is 1. The highest BCUT2D eigenvalue weighted by Crippen LogP contribution is 2.30. The van der Waals surface area contributed by atoms with Crippen LogP contribution in [-0.2, 0) is 4.79 Å². The van der Waals surface area contributed by atoms with Crippen molar-refractivity contribution in [2.24, 2.45) is 0 Å². The molecule has 0 bridgehead atoms. The number of carboxylic acids is 1. The van der Waals surface area contributed by atoms with Gasteiger partial charge in [-0.1, -0.05) is 19.1 Å². The van der Waals surface area contributed by atoms with E-state index in [2.05, 4.69) is 5.32 Å². The van der Waals surface area contributed by atoms with Crippen LogP contribution >= 0.6 is 0 Å². The summed E-state index contributed by atoms with van der Waals surface area (Å²) in [7, 11) is 1.65. The quantitative estimate of drug-likeness (QED) is 0.818. The van der Waals surface area contributed by atoms with E-state index in [1.165, 1.54) is 5.56 Å². The number of aliphatic carboxylic acids is 1. The summed E-state index contributed by atoms with van der Waals surface area (Å²) in [4.78, 5) is 11.1. The van der Waals surface area contributed by atoms with Crippen LogP contribution in [0.5, 0.6) is 5.75 Å². The Balaban J connectivity index is 2.15. The fraction of sp³-hybridized carbons (Fsp3) is 0.400. The summed E-state index contributed by atoms with van der Waals surface area (Å²) in [5, 5.41) is 12.4. The molecule has 0 aromatic heterocycles. The van der Waals surface area contributed by atoms with E-state index in [0.717, 1.165) is 24.4 Å². The van der Waals surface area contributed by atoms with Gasteiger partial charge in [0.05, 0.1) is 12.7 Å². The van der Waals surface area contributed by atoms with Crippen LogP contribution in [0.4, 0.5) is 0 Å². The number of methoxy groups -OCH3 is 1. The molecule has 1 aliphatic rings. The third-order valence-electron chi connectivity index (χ3n) is 3.58. The van der Waals surface area contributed by atoms with Gasteiger partial charge in [-0.3, -0.25) is 0 Å². The van der Waals surface area contributed by atoms with Crippen LogP contribution in [-0.4, -0.2) is 24.7 Å². The molecule has 1 unspecified atom stereocenters. The molecule has 1 aromatic rings. The molecule has 0 saturated carbocycles. The van der Waals surface area contributed by atoms with Gasteiger partial charge >= 0.3 is 5.97 Å². The highest BCUT2D eigenvalue weighted by Gasteiger charge is 2.24. The van der Waals surface area contributed by atoms with Gasteiger partial charge in [0, 0.05) is 18.2 Å². The summed E-state index contributed by atoms with van der Waals surface area (Å²) in [6, 6.07) is 7.96. The van der Waals surface area contributed by atoms with E-state index in [-0.39, 0.29) is 0 Å². The second-order valence-electron chi connectivity index (χ2n) is 4.67. The lowest BCUT2D eigenvalue weighted by atomic mass is 9.96. The van der Waals surface area contributed by atoms with Crippen LogP contribution < -0.4 is 10.1 Å². The largest absolute Gasteiger partial charge is 0.497 e. The molecule has 0 amide bonds. The molecule has 1 heterocycles. The maximum absolute atomic E-state index is 11.1. The molecule has 4 nitrogen and oxygen atoms in total. The van der Waals surface area contributed by atoms with Gasteiger partial charge in [-0.2, -0.15) is 0 Å². The van der Waals surface area contributed by atoms with Crippen molar-refractivity contribution in [2.45, 2.75) is 25.7 Å². The van der Waals surface area contributed by atoms with Gasteiger partial charge < -0.3 is 15.2 Å². The van der Waals surface area contributed by atoms with Crippen LogP contribution in [0.3, 0.4) is 0 Å². The lowest BCUT2D eigenvalue weighted by molar-refractivity contribution is -0.132. The third-order valence-corrected chi connectivity index (χ3v) is 3.58. The van der Waals surface area contributed by atoms with Gasteiger partial charge in [0.2, 0.25) is 0 Å². The molecule has 2 rings (SSSR count). The lowest BCUT2D eigenvalue weighted by Gasteiger charge is -2.09. The van der Waals surface area contributed by atoms with E-state index in [1.807, 2.05) is 31.2 Å². The molecule has 1 fully saturated rings. The van der Waals surface area contributed by atoms with Gasteiger partial charge in [-0.15, -0.1) is 0 Å². The zero-order chi connectivity index (χ0) is 13.8. The molecule has 4 heteroatoms. The van der Waals surface area contributed by atoms with Gasteiger partial charge in [-0.25, -0.2) is 4.79 Å². The minimum atomic E-state index is -0.819. The average molecular weight is 261 g/mol. The van der Waals surface area contributed by atoms with Crippen molar-refractivity contribution in [1.29, 1.82) is 0 Å². The second-order valence-corrected chi connectivity index (χ2v) is 4.67. The molecule has 0 radical (unpaired) electrons. The summed E-state index contributed by atoms with van der Waals surface area (Å²) in [6.07, 6.45) is 1.31. The first-order valence-electron chi connectivity index (χ1n) is 6.48. The Morgan fingerprint density at radius 2 is 2.11 bits per heavy atom. The fourth-order valence-electron chi connectivity index (χ4n) is 2.47. The monoisotopic (exact) mass is 261 g/mol. The second kappa shape index (κ2) is 5.78. The Morgan fingerprint density at radius 1 is 1.42 bits per heavy atom. The molecule has 19 heavy (non-hydrogen) atoms. The number of allylic oxidation sites excluding steroid dienone is 1. The predicted octanol–water partition coefficient (Wildman–Crippen LogP) is 2.52. The molecule has 0 spiro atoms. The number of benzene rings is 1. The van der Waals surface area contributed by atoms with E-state index in [0.29, 0.717) is 17.9 Å². The zero-order valence-corrected chi connectivity index (χ0v) is 11.3. The average Bonchev–Trinajstić information content (AvgIpc) is 2.89. The molecule has 1 aliphatic heterocycles. The summed E-state index contributed by atoms with van der Waals surface area (Å²) in [5.41, 5.74) is 2.58. The number of ether oxygens (including phenoxy) is 1. The molecule has 0 aliphatic carbocycles. The van der Waals surface area contributed by atoms with Crippen molar-refractivity contribution in [1.82, 2.24) is 5.32 Å². The fourth-order valence-corrected chi connectivity index (χ4v) is 2.47. The number of hydrogen-bond donors (Lipinski definition) is 2. The molecule has 1 saturated heterocycles. The Bertz CT molecular complexity index is 491. The zero-order valence-electron chi connectivity index (χ0n) is 11.3. The maximum atomic E-state index is 11.1. The molecule has 2 N–H and O–H groups in total. The minimum absolute atomic E-state index is 0.335. The molecular formula is C15H19NO3. The third kappa shape index (κ3) is 2.89. The smallest absolute Gasteiger partial charge is 0.333 e. The van der Waals surface area contributed by atoms with Crippen LogP contribution in [0.25, 0.3) is 0 Å². The first-order chi connectivity index (χ1) is 9.15. The van der Waals surface area contributed by atoms with Crippen molar-refractivity contribution >= 4 is 5.97 Å². The number of carbonyl (C=O) groups is 1. The first kappa shape index (κ1) is 13.5. The minimum Gasteiger partial charge on any atom is -0.497 e. The SMILES string of the molecule is CCC(C(=O)O)=C1CC(c2ccc(OC)cc2)CN1. The van der Waals surface area contributed by atoms with Gasteiger partial charge in [0.25, 0.3) is 0 Å². The van der Waals surface area contributed by atoms with Gasteiger partial charge in [0.1, 0.15) is 5.75 Å². The van der Waals surface area contributed by atoms with E-state index in [1.54, 1.807) is 7.11 Å². The highest BCUT2D eigenvalue weighted by molar-refractivity contribution is 5.87. The summed E-state index contributed by atoms with van der Waals surface area (Å²) in [6.45, 7) is 2.66. The van der Waals surface area contributed by atoms with Crippen LogP contribution in [0.1, 0.15) is 31.2 Å². The van der Waals surface area contributed by atoms with Crippen molar-refractivity contribution in [2.75, 3.05) is 13.7 Å². The highest BCUT2D eigenvalue weighted by atomic mass is 16.5. The van der Waals surface area contributed by atoms with E-state index in [9.17, 15) is 4.79 Å². The van der Waals surface area contributed by atoms with Crippen LogP contribution in [0, 0.1) is 0 Å². The number of carboxylic acid groups (broad SMARTS) is 1. The molecule has 1 aromatic carbocycles. The Labute approximate surface area is 113 Å². The molecular weight excluding hydrogens is 242 g/mol. The lowest BCUT2D eigenvalue weighted by Crippen LogP contribution is -2.12. The molecule has 102 valence electrons. The number of hydrogen-bond acceptors (Lipinski definition) is 3. The Hall–Kier alpha value is -1.97. The van der Waals surface area contributed by atoms with Crippen molar-refractivity contribution in [3.8, 4) is 5.75 Å². The molecule has 1 atom stereocenters. The normalized spacial score (nSPS) is 20.8. The summed E-state index contributed by atoms with van der Waals surface area (Å²) >= 11 is 0. The van der Waals surface area contributed by atoms with Crippen molar-refractivity contribution < 1.29 is 14.6 Å². The van der Waals surface area contributed by atoms with Crippen molar-refractivity contribution in [3.63, 3.8) is 0 Å². The summed E-state index contributed by atoms with van der Waals surface area (Å²) < 4.78 is 5.14. The summed E-state index contributed by atoms with van der Waals surface area (Å²) in [5.74, 6) is 0.354. The Morgan fingerprint density at radius 3 is 2.63 bits per heavy atom. The predicted molar refractivity (Wildman–Crippen MR) is 73.3 cm³/mol. The Kier molecular flexibility index (Phi) is 4.10. The van der Waals surface area contributed by atoms with Crippen LogP contribution in [0.2, 0.25) is 0 Å². The van der Waals surface area contributed by atoms with Gasteiger partial charge in [0.15, 0.2) is 0 Å². The van der Waals surface area contributed by atoms with Gasteiger partial charge in [-0.05, 0) is 30.5 Å². The standard InChI is InChI=1S/C15H19NO3/c1-3-13(15(17)18)14-8-11(9-16-14)10-4-6-12(19-2)7-5-10/h4-7,11,16H,3,8-9H2,1-2H3,(H,17,18). The van der Waals surface area contributed by atoms with E-state index < -0.39 is 5.97 Å². The van der Waals surface area contributed by atoms with Crippen LogP contribution in [0.15, 0.2) is 35.5 Å². The van der Waals surface area contributed by atoms with E-state index in [4.69, 9.17) is 9.84 Å². The van der Waals surface area contributed by atoms with E-state index >= 15 is 0 Å². The first-order valence-corrected chi connectivity index (χ1v) is 6.48. The topological polar surface area (TPSA) is 58.6 Å². The number of rotatable bonds is 4. The van der Waals surface area contributed by atoms with Crippen molar-refractivity contribution in [3.05, 3.63) is 41.1 Å².